The molecule has 2 atom stereocenters. The summed E-state index contributed by atoms with van der Waals surface area (Å²) in [6, 6.07) is 21.2. The van der Waals surface area contributed by atoms with Crippen LogP contribution in [0.25, 0.3) is 11.3 Å². The minimum absolute atomic E-state index is 0.168. The number of ether oxygens (including phenoxy) is 1. The van der Waals surface area contributed by atoms with E-state index in [-0.39, 0.29) is 18.1 Å². The number of nitrogens with one attached hydrogen (secondary N) is 1. The van der Waals surface area contributed by atoms with Crippen molar-refractivity contribution in [1.29, 1.82) is 0 Å². The number of furan rings is 1. The molecule has 0 aliphatic heterocycles. The highest BCUT2D eigenvalue weighted by Crippen LogP contribution is 2.26. The molecular weight excluding hydrogens is 326 g/mol. The van der Waals surface area contributed by atoms with Gasteiger partial charge in [-0.25, -0.2) is 0 Å². The van der Waals surface area contributed by atoms with Crippen molar-refractivity contribution in [3.8, 4) is 11.3 Å². The first kappa shape index (κ1) is 18.0. The highest BCUT2D eigenvalue weighted by molar-refractivity contribution is 5.96. The molecule has 0 saturated heterocycles. The van der Waals surface area contributed by atoms with E-state index in [1.165, 1.54) is 0 Å². The third-order valence-corrected chi connectivity index (χ3v) is 4.42. The third kappa shape index (κ3) is 3.86. The summed E-state index contributed by atoms with van der Waals surface area (Å²) in [6.07, 6.45) is -0.221. The lowest BCUT2D eigenvalue weighted by atomic mass is 10.0. The first-order valence-electron chi connectivity index (χ1n) is 8.64. The first-order chi connectivity index (χ1) is 12.6. The molecule has 0 spiro atoms. The summed E-state index contributed by atoms with van der Waals surface area (Å²) in [4.78, 5) is 12.7. The zero-order valence-electron chi connectivity index (χ0n) is 15.2. The van der Waals surface area contributed by atoms with Crippen molar-refractivity contribution in [2.24, 2.45) is 0 Å². The summed E-state index contributed by atoms with van der Waals surface area (Å²) in [5.74, 6) is 1.12. The van der Waals surface area contributed by atoms with Crippen LogP contribution in [0.1, 0.15) is 34.7 Å². The van der Waals surface area contributed by atoms with E-state index in [1.807, 2.05) is 67.6 Å². The molecule has 1 heterocycles. The Bertz CT molecular complexity index is 856. The van der Waals surface area contributed by atoms with Crippen LogP contribution in [0, 0.1) is 6.92 Å². The van der Waals surface area contributed by atoms with Crippen molar-refractivity contribution < 1.29 is 13.9 Å². The zero-order valence-corrected chi connectivity index (χ0v) is 15.2. The van der Waals surface area contributed by atoms with E-state index in [0.29, 0.717) is 17.1 Å². The first-order valence-corrected chi connectivity index (χ1v) is 8.64. The highest BCUT2D eigenvalue weighted by Gasteiger charge is 2.23. The smallest absolute Gasteiger partial charge is 0.255 e. The lowest BCUT2D eigenvalue weighted by Gasteiger charge is -2.24. The van der Waals surface area contributed by atoms with Crippen molar-refractivity contribution in [1.82, 2.24) is 5.32 Å². The van der Waals surface area contributed by atoms with Gasteiger partial charge in [0, 0.05) is 12.7 Å². The second kappa shape index (κ2) is 8.02. The predicted octanol–water partition coefficient (Wildman–Crippen LogP) is 4.76. The number of carbonyl (C=O) groups excluding carboxylic acids is 1. The van der Waals surface area contributed by atoms with Gasteiger partial charge in [-0.3, -0.25) is 4.79 Å². The summed E-state index contributed by atoms with van der Waals surface area (Å²) in [5.41, 5.74) is 2.51. The van der Waals surface area contributed by atoms with Gasteiger partial charge in [-0.05, 0) is 25.5 Å². The number of aryl methyl sites for hydroxylation is 1. The van der Waals surface area contributed by atoms with Crippen LogP contribution in [0.4, 0.5) is 0 Å². The average molecular weight is 349 g/mol. The Hall–Kier alpha value is -2.85. The number of carbonyl (C=O) groups is 1. The fraction of sp³-hybridized carbons (Fsp3) is 0.227. The van der Waals surface area contributed by atoms with Gasteiger partial charge in [-0.15, -0.1) is 0 Å². The Labute approximate surface area is 153 Å². The number of hydrogen-bond donors (Lipinski definition) is 1. The Morgan fingerprint density at radius 2 is 1.65 bits per heavy atom. The van der Waals surface area contributed by atoms with Crippen LogP contribution in [0.15, 0.2) is 71.1 Å². The molecule has 2 aromatic carbocycles. The summed E-state index contributed by atoms with van der Waals surface area (Å²) < 4.78 is 11.4. The normalized spacial score (nSPS) is 13.2. The molecule has 4 nitrogen and oxygen atoms in total. The van der Waals surface area contributed by atoms with Gasteiger partial charge in [0.1, 0.15) is 17.6 Å². The molecule has 0 aliphatic carbocycles. The molecule has 2 unspecified atom stereocenters. The van der Waals surface area contributed by atoms with E-state index >= 15 is 0 Å². The van der Waals surface area contributed by atoms with Crippen LogP contribution in [0.2, 0.25) is 0 Å². The van der Waals surface area contributed by atoms with Crippen molar-refractivity contribution in [2.75, 3.05) is 7.11 Å². The minimum atomic E-state index is -0.221. The standard InChI is InChI=1S/C22H23NO3/c1-15(21(25-3)18-12-8-5-9-13-18)23-22(24)19-14-20(26-16(19)2)17-10-6-4-7-11-17/h4-15,21H,1-3H3,(H,23,24). The fourth-order valence-electron chi connectivity index (χ4n) is 3.08. The number of rotatable bonds is 6. The third-order valence-electron chi connectivity index (χ3n) is 4.42. The summed E-state index contributed by atoms with van der Waals surface area (Å²) >= 11 is 0. The Morgan fingerprint density at radius 1 is 1.04 bits per heavy atom. The molecule has 0 saturated carbocycles. The maximum Gasteiger partial charge on any atom is 0.255 e. The molecule has 1 N–H and O–H groups in total. The van der Waals surface area contributed by atoms with Gasteiger partial charge in [0.05, 0.1) is 11.6 Å². The maximum atomic E-state index is 12.7. The van der Waals surface area contributed by atoms with Gasteiger partial charge >= 0.3 is 0 Å². The number of methoxy groups -OCH3 is 1. The second-order valence-corrected chi connectivity index (χ2v) is 6.28. The van der Waals surface area contributed by atoms with E-state index in [9.17, 15) is 4.79 Å². The topological polar surface area (TPSA) is 51.5 Å². The minimum Gasteiger partial charge on any atom is -0.461 e. The molecule has 1 amide bonds. The van der Waals surface area contributed by atoms with Crippen LogP contribution in [-0.4, -0.2) is 19.1 Å². The van der Waals surface area contributed by atoms with Crippen molar-refractivity contribution >= 4 is 5.91 Å². The molecule has 134 valence electrons. The Balaban J connectivity index is 1.76. The number of hydrogen-bond acceptors (Lipinski definition) is 3. The number of amides is 1. The molecule has 3 rings (SSSR count). The van der Waals surface area contributed by atoms with Crippen LogP contribution in [0.5, 0.6) is 0 Å². The molecule has 0 aliphatic rings. The largest absolute Gasteiger partial charge is 0.461 e. The summed E-state index contributed by atoms with van der Waals surface area (Å²) in [7, 11) is 1.65. The van der Waals surface area contributed by atoms with Crippen LogP contribution in [-0.2, 0) is 4.74 Å². The van der Waals surface area contributed by atoms with Crippen LogP contribution < -0.4 is 5.32 Å². The van der Waals surface area contributed by atoms with Gasteiger partial charge < -0.3 is 14.5 Å². The highest BCUT2D eigenvalue weighted by atomic mass is 16.5. The predicted molar refractivity (Wildman–Crippen MR) is 102 cm³/mol. The SMILES string of the molecule is COC(c1ccccc1)C(C)NC(=O)c1cc(-c2ccccc2)oc1C. The molecule has 4 heteroatoms. The quantitative estimate of drug-likeness (QED) is 0.698. The lowest BCUT2D eigenvalue weighted by Crippen LogP contribution is -2.37. The van der Waals surface area contributed by atoms with Crippen molar-refractivity contribution in [2.45, 2.75) is 26.0 Å². The van der Waals surface area contributed by atoms with Crippen molar-refractivity contribution in [3.63, 3.8) is 0 Å². The zero-order chi connectivity index (χ0) is 18.5. The van der Waals surface area contributed by atoms with Crippen LogP contribution in [0.3, 0.4) is 0 Å². The second-order valence-electron chi connectivity index (χ2n) is 6.28. The van der Waals surface area contributed by atoms with E-state index < -0.39 is 0 Å². The molecule has 0 bridgehead atoms. The monoisotopic (exact) mass is 349 g/mol. The Morgan fingerprint density at radius 3 is 2.27 bits per heavy atom. The molecule has 26 heavy (non-hydrogen) atoms. The Kier molecular flexibility index (Phi) is 5.54. The van der Waals surface area contributed by atoms with E-state index in [4.69, 9.17) is 9.15 Å². The van der Waals surface area contributed by atoms with Gasteiger partial charge in [0.15, 0.2) is 0 Å². The summed E-state index contributed by atoms with van der Waals surface area (Å²) in [5, 5.41) is 3.03. The molecule has 3 aromatic rings. The van der Waals surface area contributed by atoms with Gasteiger partial charge in [0.25, 0.3) is 5.91 Å². The average Bonchev–Trinajstić information content (AvgIpc) is 3.06. The van der Waals surface area contributed by atoms with E-state index in [0.717, 1.165) is 11.1 Å². The number of benzene rings is 2. The van der Waals surface area contributed by atoms with Gasteiger partial charge in [-0.1, -0.05) is 60.7 Å². The molecule has 0 radical (unpaired) electrons. The summed E-state index contributed by atoms with van der Waals surface area (Å²) in [6.45, 7) is 3.74. The molecule has 1 aromatic heterocycles. The fourth-order valence-corrected chi connectivity index (χ4v) is 3.08. The van der Waals surface area contributed by atoms with Crippen molar-refractivity contribution in [3.05, 3.63) is 83.6 Å². The molecular formula is C22H23NO3. The lowest BCUT2D eigenvalue weighted by molar-refractivity contribution is 0.0644. The van der Waals surface area contributed by atoms with Gasteiger partial charge in [-0.2, -0.15) is 0 Å². The van der Waals surface area contributed by atoms with E-state index in [1.54, 1.807) is 20.1 Å². The van der Waals surface area contributed by atoms with Crippen LogP contribution >= 0.6 is 0 Å². The van der Waals surface area contributed by atoms with Gasteiger partial charge in [0.2, 0.25) is 0 Å². The maximum absolute atomic E-state index is 12.7. The molecule has 0 fully saturated rings. The van der Waals surface area contributed by atoms with E-state index in [2.05, 4.69) is 5.32 Å².